The standard InChI is InChI=1S/C15H19NO2/c16-13-3-1-12(2-4-13)15(7-8-15)14(17)11-5-9-18-10-6-11/h1-4,11H,5-10,16H2. The highest BCUT2D eigenvalue weighted by Crippen LogP contribution is 2.51. The Morgan fingerprint density at radius 3 is 2.33 bits per heavy atom. The molecule has 0 bridgehead atoms. The molecule has 1 aromatic rings. The number of nitrogen functional groups attached to an aromatic ring is 1. The summed E-state index contributed by atoms with van der Waals surface area (Å²) in [7, 11) is 0. The fourth-order valence-corrected chi connectivity index (χ4v) is 2.95. The van der Waals surface area contributed by atoms with Gasteiger partial charge in [-0.1, -0.05) is 12.1 Å². The number of benzene rings is 1. The molecule has 3 heteroatoms. The molecule has 0 unspecified atom stereocenters. The van der Waals surface area contributed by atoms with Crippen LogP contribution in [-0.4, -0.2) is 19.0 Å². The third-order valence-electron chi connectivity index (χ3n) is 4.28. The molecular weight excluding hydrogens is 226 g/mol. The molecule has 0 aromatic heterocycles. The quantitative estimate of drug-likeness (QED) is 0.831. The van der Waals surface area contributed by atoms with Crippen LogP contribution in [0.15, 0.2) is 24.3 Å². The van der Waals surface area contributed by atoms with Crippen molar-refractivity contribution < 1.29 is 9.53 Å². The first-order valence-electron chi connectivity index (χ1n) is 6.70. The van der Waals surface area contributed by atoms with E-state index in [4.69, 9.17) is 10.5 Å². The minimum absolute atomic E-state index is 0.193. The second-order valence-corrected chi connectivity index (χ2v) is 5.46. The molecule has 1 aliphatic heterocycles. The average molecular weight is 245 g/mol. The Labute approximate surface area is 107 Å². The molecule has 2 N–H and O–H groups in total. The second-order valence-electron chi connectivity index (χ2n) is 5.46. The van der Waals surface area contributed by atoms with E-state index in [1.165, 1.54) is 0 Å². The highest BCUT2D eigenvalue weighted by Gasteiger charge is 2.52. The fraction of sp³-hybridized carbons (Fsp3) is 0.533. The normalized spacial score (nSPS) is 22.7. The molecule has 0 radical (unpaired) electrons. The molecule has 3 nitrogen and oxygen atoms in total. The van der Waals surface area contributed by atoms with Crippen LogP contribution < -0.4 is 5.73 Å². The summed E-state index contributed by atoms with van der Waals surface area (Å²) in [5, 5.41) is 0. The Morgan fingerprint density at radius 1 is 1.17 bits per heavy atom. The van der Waals surface area contributed by atoms with Crippen molar-refractivity contribution in [1.29, 1.82) is 0 Å². The predicted molar refractivity (Wildman–Crippen MR) is 70.3 cm³/mol. The van der Waals surface area contributed by atoms with Gasteiger partial charge < -0.3 is 10.5 Å². The largest absolute Gasteiger partial charge is 0.399 e. The van der Waals surface area contributed by atoms with E-state index in [2.05, 4.69) is 0 Å². The number of nitrogens with two attached hydrogens (primary N) is 1. The zero-order valence-corrected chi connectivity index (χ0v) is 10.5. The highest BCUT2D eigenvalue weighted by atomic mass is 16.5. The van der Waals surface area contributed by atoms with Crippen molar-refractivity contribution >= 4 is 11.5 Å². The first-order chi connectivity index (χ1) is 8.72. The molecule has 0 amide bonds. The van der Waals surface area contributed by atoms with Gasteiger partial charge in [0.15, 0.2) is 0 Å². The van der Waals surface area contributed by atoms with E-state index in [1.54, 1.807) is 0 Å². The van der Waals surface area contributed by atoms with E-state index in [9.17, 15) is 4.79 Å². The molecule has 2 aliphatic rings. The van der Waals surface area contributed by atoms with Crippen molar-refractivity contribution in [1.82, 2.24) is 0 Å². The number of hydrogen-bond acceptors (Lipinski definition) is 3. The van der Waals surface area contributed by atoms with Gasteiger partial charge in [0.1, 0.15) is 5.78 Å². The summed E-state index contributed by atoms with van der Waals surface area (Å²) in [5.74, 6) is 0.620. The van der Waals surface area contributed by atoms with Gasteiger partial charge in [-0.05, 0) is 43.4 Å². The lowest BCUT2D eigenvalue weighted by atomic mass is 9.81. The van der Waals surface area contributed by atoms with Gasteiger partial charge in [-0.3, -0.25) is 4.79 Å². The van der Waals surface area contributed by atoms with Crippen LogP contribution in [0.4, 0.5) is 5.69 Å². The van der Waals surface area contributed by atoms with Crippen molar-refractivity contribution in [2.75, 3.05) is 18.9 Å². The van der Waals surface area contributed by atoms with Gasteiger partial charge in [0.25, 0.3) is 0 Å². The summed E-state index contributed by atoms with van der Waals surface area (Å²) in [6.45, 7) is 1.46. The lowest BCUT2D eigenvalue weighted by Gasteiger charge is -2.25. The molecule has 96 valence electrons. The maximum atomic E-state index is 12.7. The molecule has 1 aliphatic carbocycles. The van der Waals surface area contributed by atoms with E-state index in [1.807, 2.05) is 24.3 Å². The summed E-state index contributed by atoms with van der Waals surface area (Å²) in [6.07, 6.45) is 3.76. The lowest BCUT2D eigenvalue weighted by Crippen LogP contribution is -2.32. The summed E-state index contributed by atoms with van der Waals surface area (Å²) in [5.41, 5.74) is 7.41. The second kappa shape index (κ2) is 4.39. The smallest absolute Gasteiger partial charge is 0.146 e. The average Bonchev–Trinajstić information content (AvgIpc) is 3.21. The minimum Gasteiger partial charge on any atom is -0.399 e. The Bertz CT molecular complexity index is 442. The van der Waals surface area contributed by atoms with Crippen LogP contribution in [0.25, 0.3) is 0 Å². The van der Waals surface area contributed by atoms with Crippen molar-refractivity contribution in [3.8, 4) is 0 Å². The first-order valence-corrected chi connectivity index (χ1v) is 6.70. The molecule has 1 saturated carbocycles. The van der Waals surface area contributed by atoms with Gasteiger partial charge in [0.05, 0.1) is 5.41 Å². The first kappa shape index (κ1) is 11.7. The van der Waals surface area contributed by atoms with Crippen LogP contribution in [0.1, 0.15) is 31.2 Å². The highest BCUT2D eigenvalue weighted by molar-refractivity contribution is 5.95. The third kappa shape index (κ3) is 1.93. The van der Waals surface area contributed by atoms with Crippen LogP contribution in [0.5, 0.6) is 0 Å². The van der Waals surface area contributed by atoms with Gasteiger partial charge in [-0.15, -0.1) is 0 Å². The summed E-state index contributed by atoms with van der Waals surface area (Å²) >= 11 is 0. The van der Waals surface area contributed by atoms with Gasteiger partial charge in [-0.25, -0.2) is 0 Å². The number of hydrogen-bond donors (Lipinski definition) is 1. The number of carbonyl (C=O) groups is 1. The van der Waals surface area contributed by atoms with Gasteiger partial charge in [-0.2, -0.15) is 0 Å². The van der Waals surface area contributed by atoms with E-state index in [-0.39, 0.29) is 11.3 Å². The molecule has 1 saturated heterocycles. The van der Waals surface area contributed by atoms with E-state index >= 15 is 0 Å². The van der Waals surface area contributed by atoms with Crippen molar-refractivity contribution in [2.24, 2.45) is 5.92 Å². The molecule has 1 heterocycles. The van der Waals surface area contributed by atoms with Gasteiger partial charge in [0, 0.05) is 24.8 Å². The van der Waals surface area contributed by atoms with Crippen LogP contribution in [0.3, 0.4) is 0 Å². The maximum Gasteiger partial charge on any atom is 0.146 e. The Kier molecular flexibility index (Phi) is 2.86. The van der Waals surface area contributed by atoms with E-state index in [0.29, 0.717) is 5.78 Å². The molecule has 0 atom stereocenters. The number of rotatable bonds is 3. The topological polar surface area (TPSA) is 52.3 Å². The molecule has 2 fully saturated rings. The van der Waals surface area contributed by atoms with Crippen LogP contribution in [-0.2, 0) is 14.9 Å². The molecular formula is C15H19NO2. The van der Waals surface area contributed by atoms with Crippen molar-refractivity contribution in [3.05, 3.63) is 29.8 Å². The summed E-state index contributed by atoms with van der Waals surface area (Å²) < 4.78 is 5.34. The zero-order chi connectivity index (χ0) is 12.6. The number of carbonyl (C=O) groups excluding carboxylic acids is 1. The third-order valence-corrected chi connectivity index (χ3v) is 4.28. The maximum absolute atomic E-state index is 12.7. The van der Waals surface area contributed by atoms with E-state index in [0.717, 1.165) is 50.1 Å². The Hall–Kier alpha value is -1.35. The van der Waals surface area contributed by atoms with Gasteiger partial charge in [0.2, 0.25) is 0 Å². The van der Waals surface area contributed by atoms with Crippen molar-refractivity contribution in [3.63, 3.8) is 0 Å². The van der Waals surface area contributed by atoms with Crippen LogP contribution in [0, 0.1) is 5.92 Å². The Balaban J connectivity index is 1.81. The summed E-state index contributed by atoms with van der Waals surface area (Å²) in [6, 6.07) is 7.82. The fourth-order valence-electron chi connectivity index (χ4n) is 2.95. The molecule has 3 rings (SSSR count). The molecule has 18 heavy (non-hydrogen) atoms. The SMILES string of the molecule is Nc1ccc(C2(C(=O)C3CCOCC3)CC2)cc1. The monoisotopic (exact) mass is 245 g/mol. The van der Waals surface area contributed by atoms with E-state index < -0.39 is 0 Å². The lowest BCUT2D eigenvalue weighted by molar-refractivity contribution is -0.128. The molecule has 1 aromatic carbocycles. The zero-order valence-electron chi connectivity index (χ0n) is 10.5. The summed E-state index contributed by atoms with van der Waals surface area (Å²) in [4.78, 5) is 12.7. The minimum atomic E-state index is -0.199. The predicted octanol–water partition coefficient (Wildman–Crippen LogP) is 2.30. The van der Waals surface area contributed by atoms with Crippen molar-refractivity contribution in [2.45, 2.75) is 31.1 Å². The Morgan fingerprint density at radius 2 is 1.78 bits per heavy atom. The number of anilines is 1. The van der Waals surface area contributed by atoms with Crippen LogP contribution >= 0.6 is 0 Å². The van der Waals surface area contributed by atoms with Crippen LogP contribution in [0.2, 0.25) is 0 Å². The number of ketones is 1. The molecule has 0 spiro atoms. The number of Topliss-reactive ketones (excluding diaryl/α,β-unsaturated/α-hetero) is 1. The van der Waals surface area contributed by atoms with Gasteiger partial charge >= 0.3 is 0 Å². The number of ether oxygens (including phenoxy) is 1.